The van der Waals surface area contributed by atoms with Gasteiger partial charge in [0.1, 0.15) is 11.6 Å². The van der Waals surface area contributed by atoms with Crippen LogP contribution in [0.15, 0.2) is 29.3 Å². The number of hydrogen-bond donors (Lipinski definition) is 2. The molecule has 2 heterocycles. The van der Waals surface area contributed by atoms with Gasteiger partial charge in [-0.15, -0.1) is 24.0 Å². The van der Waals surface area contributed by atoms with Crippen LogP contribution in [-0.4, -0.2) is 39.9 Å². The number of guanidine groups is 1. The van der Waals surface area contributed by atoms with Crippen LogP contribution < -0.4 is 15.4 Å². The topological polar surface area (TPSA) is 76.4 Å². The van der Waals surface area contributed by atoms with Gasteiger partial charge in [0.05, 0.1) is 12.6 Å². The van der Waals surface area contributed by atoms with Gasteiger partial charge in [-0.1, -0.05) is 32.0 Å². The van der Waals surface area contributed by atoms with Gasteiger partial charge in [0.15, 0.2) is 11.8 Å². The first-order valence-corrected chi connectivity index (χ1v) is 10.8. The number of aryl methyl sites for hydroxylation is 1. The maximum absolute atomic E-state index is 6.14. The smallest absolute Gasteiger partial charge is 0.191 e. The summed E-state index contributed by atoms with van der Waals surface area (Å²) in [5, 5.41) is 11.7. The van der Waals surface area contributed by atoms with E-state index in [1.165, 1.54) is 6.42 Å². The minimum Gasteiger partial charge on any atom is -0.490 e. The van der Waals surface area contributed by atoms with Crippen LogP contribution >= 0.6 is 24.0 Å². The maximum Gasteiger partial charge on any atom is 0.191 e. The molecule has 2 aliphatic rings. The molecule has 0 bridgehead atoms. The van der Waals surface area contributed by atoms with Crippen LogP contribution in [0.3, 0.4) is 0 Å². The average molecular weight is 524 g/mol. The zero-order chi connectivity index (χ0) is 20.2. The van der Waals surface area contributed by atoms with Gasteiger partial charge < -0.3 is 15.4 Å². The van der Waals surface area contributed by atoms with Gasteiger partial charge in [-0.3, -0.25) is 4.99 Å². The van der Waals surface area contributed by atoms with Crippen molar-refractivity contribution in [3.05, 3.63) is 41.5 Å². The highest BCUT2D eigenvalue weighted by Crippen LogP contribution is 2.27. The third kappa shape index (κ3) is 5.44. The van der Waals surface area contributed by atoms with Crippen molar-refractivity contribution in [3.63, 3.8) is 0 Å². The van der Waals surface area contributed by atoms with E-state index in [2.05, 4.69) is 57.8 Å². The number of halogens is 1. The summed E-state index contributed by atoms with van der Waals surface area (Å²) in [5.41, 5.74) is 1.16. The number of aliphatic imine (C=N–C) groups is 1. The Hall–Kier alpha value is -1.84. The first kappa shape index (κ1) is 22.8. The third-order valence-electron chi connectivity index (χ3n) is 5.72. The number of ether oxygens (including phenoxy) is 1. The molecule has 1 aromatic heterocycles. The summed E-state index contributed by atoms with van der Waals surface area (Å²) in [5.74, 6) is 4.17. The van der Waals surface area contributed by atoms with Crippen LogP contribution in [0.1, 0.15) is 62.7 Å². The van der Waals surface area contributed by atoms with E-state index in [1.54, 1.807) is 0 Å². The monoisotopic (exact) mass is 524 g/mol. The normalized spacial score (nSPS) is 18.9. The second kappa shape index (κ2) is 10.5. The molecular weight excluding hydrogens is 491 g/mol. The Morgan fingerprint density at radius 3 is 2.77 bits per heavy atom. The quantitative estimate of drug-likeness (QED) is 0.343. The highest BCUT2D eigenvalue weighted by molar-refractivity contribution is 14.0. The summed E-state index contributed by atoms with van der Waals surface area (Å²) >= 11 is 0. The van der Waals surface area contributed by atoms with E-state index in [0.29, 0.717) is 18.6 Å². The van der Waals surface area contributed by atoms with Crippen LogP contribution in [0.2, 0.25) is 0 Å². The molecule has 1 fully saturated rings. The van der Waals surface area contributed by atoms with E-state index in [-0.39, 0.29) is 30.0 Å². The number of para-hydroxylation sites is 1. The summed E-state index contributed by atoms with van der Waals surface area (Å²) < 4.78 is 8.19. The van der Waals surface area contributed by atoms with Crippen molar-refractivity contribution in [2.75, 3.05) is 7.05 Å². The fraction of sp³-hybridized carbons (Fsp3) is 0.591. The number of nitrogens with zero attached hydrogens (tertiary/aromatic N) is 4. The molecule has 1 aromatic carbocycles. The highest BCUT2D eigenvalue weighted by atomic mass is 127. The van der Waals surface area contributed by atoms with E-state index in [0.717, 1.165) is 61.1 Å². The molecule has 0 saturated heterocycles. The van der Waals surface area contributed by atoms with Crippen molar-refractivity contribution in [1.82, 2.24) is 25.4 Å². The second-order valence-corrected chi connectivity index (χ2v) is 8.31. The lowest BCUT2D eigenvalue weighted by Crippen LogP contribution is -2.46. The summed E-state index contributed by atoms with van der Waals surface area (Å²) in [6.07, 6.45) is 5.94. The Labute approximate surface area is 196 Å². The van der Waals surface area contributed by atoms with E-state index in [9.17, 15) is 0 Å². The molecule has 1 saturated carbocycles. The molecule has 1 aliphatic carbocycles. The third-order valence-corrected chi connectivity index (χ3v) is 5.72. The maximum atomic E-state index is 6.14. The molecule has 1 atom stereocenters. The largest absolute Gasteiger partial charge is 0.490 e. The van der Waals surface area contributed by atoms with Gasteiger partial charge >= 0.3 is 0 Å². The number of nitrogens with one attached hydrogen (secondary N) is 2. The van der Waals surface area contributed by atoms with Crippen LogP contribution in [-0.2, 0) is 19.5 Å². The fourth-order valence-electron chi connectivity index (χ4n) is 3.69. The number of rotatable bonds is 6. The number of fused-ring (bicyclic) bond motifs is 1. The average Bonchev–Trinajstić information content (AvgIpc) is 3.12. The van der Waals surface area contributed by atoms with Gasteiger partial charge in [-0.25, -0.2) is 9.67 Å². The summed E-state index contributed by atoms with van der Waals surface area (Å²) in [6.45, 7) is 5.77. The van der Waals surface area contributed by atoms with Crippen molar-refractivity contribution in [2.45, 2.75) is 77.1 Å². The Morgan fingerprint density at radius 2 is 2.07 bits per heavy atom. The Morgan fingerprint density at radius 1 is 1.27 bits per heavy atom. The van der Waals surface area contributed by atoms with Gasteiger partial charge in [0.2, 0.25) is 0 Å². The first-order chi connectivity index (χ1) is 14.1. The zero-order valence-electron chi connectivity index (χ0n) is 18.1. The molecule has 2 N–H and O–H groups in total. The van der Waals surface area contributed by atoms with Gasteiger partial charge in [-0.2, -0.15) is 5.10 Å². The molecule has 2 aromatic rings. The number of aromatic nitrogens is 3. The lowest BCUT2D eigenvalue weighted by molar-refractivity contribution is 0.119. The standard InChI is InChI=1S/C22H32N6O.HI/c1-15(2)21-26-20-12-11-17(14-28(20)27-21)25-22(23-3)24-13-16-7-4-5-10-19(16)29-18-8-6-9-18;/h4-5,7,10,15,17-18H,6,8-9,11-14H2,1-3H3,(H2,23,24,25);1H. The van der Waals surface area contributed by atoms with Crippen molar-refractivity contribution < 1.29 is 4.74 Å². The molecular formula is C22H33IN6O. The SMILES string of the molecule is CN=C(NCc1ccccc1OC1CCC1)NC1CCc2nc(C(C)C)nn2C1.I. The van der Waals surface area contributed by atoms with E-state index < -0.39 is 0 Å². The fourth-order valence-corrected chi connectivity index (χ4v) is 3.69. The Kier molecular flexibility index (Phi) is 7.96. The van der Waals surface area contributed by atoms with Crippen molar-refractivity contribution >= 4 is 29.9 Å². The van der Waals surface area contributed by atoms with E-state index in [4.69, 9.17) is 4.74 Å². The van der Waals surface area contributed by atoms with E-state index >= 15 is 0 Å². The zero-order valence-corrected chi connectivity index (χ0v) is 20.4. The summed E-state index contributed by atoms with van der Waals surface area (Å²) in [6, 6.07) is 8.56. The predicted molar refractivity (Wildman–Crippen MR) is 130 cm³/mol. The summed E-state index contributed by atoms with van der Waals surface area (Å²) in [4.78, 5) is 9.08. The van der Waals surface area contributed by atoms with Crippen molar-refractivity contribution in [2.24, 2.45) is 4.99 Å². The molecule has 7 nitrogen and oxygen atoms in total. The number of benzene rings is 1. The molecule has 30 heavy (non-hydrogen) atoms. The minimum atomic E-state index is 0. The minimum absolute atomic E-state index is 0. The first-order valence-electron chi connectivity index (χ1n) is 10.8. The highest BCUT2D eigenvalue weighted by Gasteiger charge is 2.23. The van der Waals surface area contributed by atoms with Gasteiger partial charge in [-0.05, 0) is 31.7 Å². The molecule has 8 heteroatoms. The molecule has 1 unspecified atom stereocenters. The van der Waals surface area contributed by atoms with Crippen LogP contribution in [0.5, 0.6) is 5.75 Å². The van der Waals surface area contributed by atoms with Crippen LogP contribution in [0, 0.1) is 0 Å². The number of hydrogen-bond acceptors (Lipinski definition) is 4. The van der Waals surface area contributed by atoms with Crippen LogP contribution in [0.4, 0.5) is 0 Å². The van der Waals surface area contributed by atoms with Gasteiger partial charge in [0.25, 0.3) is 0 Å². The van der Waals surface area contributed by atoms with Crippen molar-refractivity contribution in [3.8, 4) is 5.75 Å². The van der Waals surface area contributed by atoms with Gasteiger partial charge in [0, 0.05) is 37.5 Å². The van der Waals surface area contributed by atoms with Crippen LogP contribution in [0.25, 0.3) is 0 Å². The molecule has 4 rings (SSSR count). The molecule has 1 aliphatic heterocycles. The molecule has 0 spiro atoms. The predicted octanol–water partition coefficient (Wildman–Crippen LogP) is 3.63. The second-order valence-electron chi connectivity index (χ2n) is 8.31. The molecule has 0 radical (unpaired) electrons. The van der Waals surface area contributed by atoms with Crippen molar-refractivity contribution in [1.29, 1.82) is 0 Å². The Balaban J connectivity index is 0.00000256. The molecule has 0 amide bonds. The lowest BCUT2D eigenvalue weighted by atomic mass is 9.96. The summed E-state index contributed by atoms with van der Waals surface area (Å²) in [7, 11) is 1.81. The molecule has 164 valence electrons. The Bertz CT molecular complexity index is 861. The van der Waals surface area contributed by atoms with E-state index in [1.807, 2.05) is 17.8 Å². The lowest BCUT2D eigenvalue weighted by Gasteiger charge is -2.28.